The van der Waals surface area contributed by atoms with Crippen molar-refractivity contribution in [2.45, 2.75) is 39.5 Å². The molecule has 1 aliphatic heterocycles. The van der Waals surface area contributed by atoms with E-state index in [1.807, 2.05) is 18.7 Å². The van der Waals surface area contributed by atoms with Crippen molar-refractivity contribution >= 4 is 29.2 Å². The maximum Gasteiger partial charge on any atom is 0.225 e. The molecule has 0 atom stereocenters. The summed E-state index contributed by atoms with van der Waals surface area (Å²) in [5, 5.41) is 0.583. The minimum Gasteiger partial charge on any atom is -0.343 e. The number of nitrogens with zero attached hydrogens (tertiary/aromatic N) is 2. The van der Waals surface area contributed by atoms with Gasteiger partial charge in [-0.2, -0.15) is 0 Å². The number of ketones is 1. The number of hydrogen-bond acceptors (Lipinski definition) is 3. The van der Waals surface area contributed by atoms with Gasteiger partial charge in [-0.1, -0.05) is 11.6 Å². The zero-order valence-corrected chi connectivity index (χ0v) is 16.3. The number of rotatable bonds is 7. The highest BCUT2D eigenvalue weighted by atomic mass is 35.5. The van der Waals surface area contributed by atoms with E-state index in [1.54, 1.807) is 29.2 Å². The number of carbonyl (C=O) groups is 3. The molecule has 0 saturated carbocycles. The third-order valence-electron chi connectivity index (χ3n) is 5.00. The van der Waals surface area contributed by atoms with Gasteiger partial charge >= 0.3 is 0 Å². The van der Waals surface area contributed by atoms with Gasteiger partial charge in [-0.3, -0.25) is 14.4 Å². The molecule has 142 valence electrons. The fourth-order valence-electron chi connectivity index (χ4n) is 3.33. The summed E-state index contributed by atoms with van der Waals surface area (Å²) >= 11 is 5.82. The highest BCUT2D eigenvalue weighted by Gasteiger charge is 2.29. The molecular formula is C20H27ClN2O3. The van der Waals surface area contributed by atoms with E-state index in [9.17, 15) is 14.4 Å². The quantitative estimate of drug-likeness (QED) is 0.683. The molecule has 5 nitrogen and oxygen atoms in total. The largest absolute Gasteiger partial charge is 0.343 e. The van der Waals surface area contributed by atoms with Crippen molar-refractivity contribution in [2.75, 3.05) is 26.2 Å². The van der Waals surface area contributed by atoms with Crippen LogP contribution in [-0.2, 0) is 9.59 Å². The van der Waals surface area contributed by atoms with Crippen LogP contribution in [0.15, 0.2) is 24.3 Å². The first-order valence-corrected chi connectivity index (χ1v) is 9.69. The van der Waals surface area contributed by atoms with Gasteiger partial charge in [0, 0.05) is 55.5 Å². The first kappa shape index (κ1) is 20.4. The second-order valence-electron chi connectivity index (χ2n) is 6.60. The number of likely N-dealkylation sites (tertiary alicyclic amines) is 1. The maximum atomic E-state index is 12.4. The predicted octanol–water partition coefficient (Wildman–Crippen LogP) is 3.41. The van der Waals surface area contributed by atoms with E-state index >= 15 is 0 Å². The molecule has 0 radical (unpaired) electrons. The SMILES string of the molecule is CCN(CC)C(=O)C1CCN(C(=O)CCC(=O)c2ccc(Cl)cc2)CC1. The Bertz CT molecular complexity index is 633. The van der Waals surface area contributed by atoms with Crippen LogP contribution in [0.3, 0.4) is 0 Å². The van der Waals surface area contributed by atoms with Gasteiger partial charge in [0.05, 0.1) is 0 Å². The van der Waals surface area contributed by atoms with E-state index < -0.39 is 0 Å². The van der Waals surface area contributed by atoms with Crippen molar-refractivity contribution in [3.05, 3.63) is 34.9 Å². The summed E-state index contributed by atoms with van der Waals surface area (Å²) < 4.78 is 0. The Morgan fingerprint density at radius 2 is 1.62 bits per heavy atom. The molecule has 2 amide bonds. The lowest BCUT2D eigenvalue weighted by atomic mass is 9.94. The van der Waals surface area contributed by atoms with Gasteiger partial charge in [0.2, 0.25) is 11.8 Å². The van der Waals surface area contributed by atoms with E-state index in [0.717, 1.165) is 13.1 Å². The van der Waals surface area contributed by atoms with Crippen molar-refractivity contribution < 1.29 is 14.4 Å². The fraction of sp³-hybridized carbons (Fsp3) is 0.550. The predicted molar refractivity (Wildman–Crippen MR) is 102 cm³/mol. The standard InChI is InChI=1S/C20H27ClN2O3/c1-3-22(4-2)20(26)16-11-13-23(14-12-16)19(25)10-9-18(24)15-5-7-17(21)8-6-15/h5-8,16H,3-4,9-14H2,1-2H3. The van der Waals surface area contributed by atoms with E-state index in [1.165, 1.54) is 0 Å². The number of carbonyl (C=O) groups excluding carboxylic acids is 3. The van der Waals surface area contributed by atoms with Crippen molar-refractivity contribution in [2.24, 2.45) is 5.92 Å². The lowest BCUT2D eigenvalue weighted by Gasteiger charge is -2.33. The zero-order valence-electron chi connectivity index (χ0n) is 15.5. The third kappa shape index (κ3) is 5.31. The molecule has 1 fully saturated rings. The molecule has 1 aromatic carbocycles. The molecule has 0 spiro atoms. The lowest BCUT2D eigenvalue weighted by Crippen LogP contribution is -2.44. The first-order valence-electron chi connectivity index (χ1n) is 9.31. The fourth-order valence-corrected chi connectivity index (χ4v) is 3.45. The number of piperidine rings is 1. The summed E-state index contributed by atoms with van der Waals surface area (Å²) in [6.45, 7) is 6.59. The van der Waals surface area contributed by atoms with Gasteiger partial charge in [0.1, 0.15) is 0 Å². The molecule has 0 unspecified atom stereocenters. The Balaban J connectivity index is 1.78. The van der Waals surface area contributed by atoms with E-state index in [-0.39, 0.29) is 36.4 Å². The van der Waals surface area contributed by atoms with Gasteiger partial charge < -0.3 is 9.80 Å². The Morgan fingerprint density at radius 1 is 1.04 bits per heavy atom. The third-order valence-corrected chi connectivity index (χ3v) is 5.26. The van der Waals surface area contributed by atoms with Crippen molar-refractivity contribution in [1.82, 2.24) is 9.80 Å². The highest BCUT2D eigenvalue weighted by Crippen LogP contribution is 2.21. The monoisotopic (exact) mass is 378 g/mol. The van der Waals surface area contributed by atoms with Crippen LogP contribution in [0.1, 0.15) is 49.9 Å². The molecule has 0 aromatic heterocycles. The molecule has 0 N–H and O–H groups in total. The molecule has 0 bridgehead atoms. The minimum absolute atomic E-state index is 0.00893. The van der Waals surface area contributed by atoms with Gasteiger partial charge in [0.25, 0.3) is 0 Å². The molecule has 1 aromatic rings. The molecule has 2 rings (SSSR count). The molecule has 1 heterocycles. The van der Waals surface area contributed by atoms with Gasteiger partial charge in [-0.25, -0.2) is 0 Å². The number of amides is 2. The van der Waals surface area contributed by atoms with Gasteiger partial charge in [-0.15, -0.1) is 0 Å². The smallest absolute Gasteiger partial charge is 0.225 e. The summed E-state index contributed by atoms with van der Waals surface area (Å²) in [4.78, 5) is 40.6. The molecule has 6 heteroatoms. The van der Waals surface area contributed by atoms with Crippen LogP contribution in [0, 0.1) is 5.92 Å². The summed E-state index contributed by atoms with van der Waals surface area (Å²) in [5.41, 5.74) is 0.575. The van der Waals surface area contributed by atoms with Crippen LogP contribution < -0.4 is 0 Å². The zero-order chi connectivity index (χ0) is 19.1. The van der Waals surface area contributed by atoms with Crippen LogP contribution in [0.4, 0.5) is 0 Å². The summed E-state index contributed by atoms with van der Waals surface area (Å²) in [7, 11) is 0. The highest BCUT2D eigenvalue weighted by molar-refractivity contribution is 6.30. The number of hydrogen-bond donors (Lipinski definition) is 0. The minimum atomic E-state index is -0.0541. The van der Waals surface area contributed by atoms with Crippen molar-refractivity contribution in [3.8, 4) is 0 Å². The molecular weight excluding hydrogens is 352 g/mol. The van der Waals surface area contributed by atoms with Crippen LogP contribution in [0.25, 0.3) is 0 Å². The molecule has 26 heavy (non-hydrogen) atoms. The first-order chi connectivity index (χ1) is 12.5. The maximum absolute atomic E-state index is 12.4. The van der Waals surface area contributed by atoms with Crippen LogP contribution >= 0.6 is 11.6 Å². The second-order valence-corrected chi connectivity index (χ2v) is 7.03. The lowest BCUT2D eigenvalue weighted by molar-refractivity contribution is -0.140. The van der Waals surface area contributed by atoms with E-state index in [2.05, 4.69) is 0 Å². The number of Topliss-reactive ketones (excluding diaryl/α,β-unsaturated/α-hetero) is 1. The molecule has 1 aliphatic rings. The van der Waals surface area contributed by atoms with Crippen molar-refractivity contribution in [1.29, 1.82) is 0 Å². The Morgan fingerprint density at radius 3 is 2.15 bits per heavy atom. The summed E-state index contributed by atoms with van der Waals surface area (Å²) in [6, 6.07) is 6.71. The Labute approximate surface area is 160 Å². The normalized spacial score (nSPS) is 15.0. The van der Waals surface area contributed by atoms with Crippen LogP contribution in [0.5, 0.6) is 0 Å². The summed E-state index contributed by atoms with van der Waals surface area (Å²) in [6.07, 6.45) is 1.80. The second kappa shape index (κ2) is 9.72. The summed E-state index contributed by atoms with van der Waals surface area (Å²) in [5.74, 6) is 0.136. The Hall–Kier alpha value is -1.88. The average Bonchev–Trinajstić information content (AvgIpc) is 2.67. The number of halogens is 1. The van der Waals surface area contributed by atoms with Gasteiger partial charge in [-0.05, 0) is 51.0 Å². The van der Waals surface area contributed by atoms with Crippen LogP contribution in [0.2, 0.25) is 5.02 Å². The molecule has 1 saturated heterocycles. The topological polar surface area (TPSA) is 57.7 Å². The van der Waals surface area contributed by atoms with Crippen LogP contribution in [-0.4, -0.2) is 53.6 Å². The van der Waals surface area contributed by atoms with Crippen molar-refractivity contribution in [3.63, 3.8) is 0 Å². The average molecular weight is 379 g/mol. The molecule has 0 aliphatic carbocycles. The Kier molecular flexibility index (Phi) is 7.64. The van der Waals surface area contributed by atoms with E-state index in [0.29, 0.717) is 36.5 Å². The van der Waals surface area contributed by atoms with E-state index in [4.69, 9.17) is 11.6 Å². The van der Waals surface area contributed by atoms with Gasteiger partial charge in [0.15, 0.2) is 5.78 Å². The number of benzene rings is 1.